The molecular formula is C16H21NO3. The van der Waals surface area contributed by atoms with Crippen LogP contribution in [-0.4, -0.2) is 22.4 Å². The van der Waals surface area contributed by atoms with E-state index in [1.807, 2.05) is 0 Å². The zero-order valence-corrected chi connectivity index (χ0v) is 11.8. The predicted octanol–water partition coefficient (Wildman–Crippen LogP) is 2.91. The van der Waals surface area contributed by atoms with Gasteiger partial charge in [0, 0.05) is 11.3 Å². The number of carbonyl (C=O) groups is 2. The summed E-state index contributed by atoms with van der Waals surface area (Å²) in [6.07, 6.45) is 4.64. The Morgan fingerprint density at radius 2 is 1.75 bits per heavy atom. The molecule has 1 fully saturated rings. The molecular weight excluding hydrogens is 254 g/mol. The van der Waals surface area contributed by atoms with Crippen molar-refractivity contribution in [2.24, 2.45) is 0 Å². The second-order valence-corrected chi connectivity index (χ2v) is 5.64. The maximum atomic E-state index is 12.0. The van der Waals surface area contributed by atoms with Crippen LogP contribution in [0.15, 0.2) is 24.3 Å². The number of benzene rings is 1. The van der Waals surface area contributed by atoms with Gasteiger partial charge in [0.2, 0.25) is 5.91 Å². The molecule has 0 unspecified atom stereocenters. The number of aliphatic hydroxyl groups is 1. The Hall–Kier alpha value is -1.68. The first-order valence-corrected chi connectivity index (χ1v) is 7.12. The summed E-state index contributed by atoms with van der Waals surface area (Å²) in [5.41, 5.74) is 0.426. The van der Waals surface area contributed by atoms with E-state index >= 15 is 0 Å². The van der Waals surface area contributed by atoms with Crippen LogP contribution < -0.4 is 5.32 Å². The minimum Gasteiger partial charge on any atom is -0.389 e. The molecule has 2 rings (SSSR count). The first-order chi connectivity index (χ1) is 9.48. The molecule has 0 aromatic heterocycles. The summed E-state index contributed by atoms with van der Waals surface area (Å²) in [7, 11) is 0. The van der Waals surface area contributed by atoms with Gasteiger partial charge in [-0.2, -0.15) is 0 Å². The standard InChI is InChI=1S/C16H21NO3/c1-12(18)13-5-7-14(8-6-13)17-15(19)11-16(20)9-3-2-4-10-16/h5-8,20H,2-4,9-11H2,1H3,(H,17,19). The predicted molar refractivity (Wildman–Crippen MR) is 77.7 cm³/mol. The molecule has 0 aliphatic heterocycles. The molecule has 0 atom stereocenters. The van der Waals surface area contributed by atoms with Gasteiger partial charge < -0.3 is 10.4 Å². The number of hydrogen-bond acceptors (Lipinski definition) is 3. The van der Waals surface area contributed by atoms with Gasteiger partial charge in [-0.05, 0) is 44.0 Å². The fourth-order valence-electron chi connectivity index (χ4n) is 2.68. The van der Waals surface area contributed by atoms with Gasteiger partial charge in [-0.25, -0.2) is 0 Å². The first kappa shape index (κ1) is 14.7. The molecule has 1 amide bonds. The molecule has 0 bridgehead atoms. The lowest BCUT2D eigenvalue weighted by Gasteiger charge is -2.31. The van der Waals surface area contributed by atoms with Crippen LogP contribution in [0.5, 0.6) is 0 Å². The second-order valence-electron chi connectivity index (χ2n) is 5.64. The lowest BCUT2D eigenvalue weighted by Crippen LogP contribution is -2.35. The maximum absolute atomic E-state index is 12.0. The summed E-state index contributed by atoms with van der Waals surface area (Å²) in [4.78, 5) is 23.1. The molecule has 0 spiro atoms. The van der Waals surface area contributed by atoms with E-state index in [-0.39, 0.29) is 18.1 Å². The van der Waals surface area contributed by atoms with Crippen LogP contribution in [0.2, 0.25) is 0 Å². The van der Waals surface area contributed by atoms with Crippen molar-refractivity contribution < 1.29 is 14.7 Å². The SMILES string of the molecule is CC(=O)c1ccc(NC(=O)CC2(O)CCCCC2)cc1. The van der Waals surface area contributed by atoms with Crippen LogP contribution in [0.4, 0.5) is 5.69 Å². The monoisotopic (exact) mass is 275 g/mol. The lowest BCUT2D eigenvalue weighted by molar-refractivity contribution is -0.122. The molecule has 1 aromatic rings. The molecule has 0 saturated heterocycles. The van der Waals surface area contributed by atoms with Crippen LogP contribution in [-0.2, 0) is 4.79 Å². The summed E-state index contributed by atoms with van der Waals surface area (Å²) in [6, 6.07) is 6.79. The van der Waals surface area contributed by atoms with E-state index in [9.17, 15) is 14.7 Å². The molecule has 1 aromatic carbocycles. The van der Waals surface area contributed by atoms with Crippen molar-refractivity contribution in [2.45, 2.75) is 51.0 Å². The van der Waals surface area contributed by atoms with Gasteiger partial charge in [0.25, 0.3) is 0 Å². The smallest absolute Gasteiger partial charge is 0.227 e. The van der Waals surface area contributed by atoms with Crippen LogP contribution >= 0.6 is 0 Å². The van der Waals surface area contributed by atoms with Crippen molar-refractivity contribution in [1.82, 2.24) is 0 Å². The Morgan fingerprint density at radius 3 is 2.30 bits per heavy atom. The van der Waals surface area contributed by atoms with Crippen molar-refractivity contribution in [2.75, 3.05) is 5.32 Å². The van der Waals surface area contributed by atoms with Gasteiger partial charge in [-0.15, -0.1) is 0 Å². The van der Waals surface area contributed by atoms with Crippen LogP contribution in [0.3, 0.4) is 0 Å². The molecule has 2 N–H and O–H groups in total. The van der Waals surface area contributed by atoms with E-state index in [0.717, 1.165) is 19.3 Å². The number of rotatable bonds is 4. The normalized spacial score (nSPS) is 17.5. The summed E-state index contributed by atoms with van der Waals surface area (Å²) < 4.78 is 0. The number of anilines is 1. The maximum Gasteiger partial charge on any atom is 0.227 e. The zero-order valence-electron chi connectivity index (χ0n) is 11.8. The third-order valence-electron chi connectivity index (χ3n) is 3.85. The second kappa shape index (κ2) is 6.18. The highest BCUT2D eigenvalue weighted by molar-refractivity contribution is 5.95. The number of carbonyl (C=O) groups excluding carboxylic acids is 2. The van der Waals surface area contributed by atoms with E-state index in [2.05, 4.69) is 5.32 Å². The largest absolute Gasteiger partial charge is 0.389 e. The fourth-order valence-corrected chi connectivity index (χ4v) is 2.68. The van der Waals surface area contributed by atoms with E-state index < -0.39 is 5.60 Å². The van der Waals surface area contributed by atoms with Gasteiger partial charge >= 0.3 is 0 Å². The highest BCUT2D eigenvalue weighted by Gasteiger charge is 2.31. The summed E-state index contributed by atoms with van der Waals surface area (Å²) in [6.45, 7) is 1.51. The van der Waals surface area contributed by atoms with Gasteiger partial charge in [0.05, 0.1) is 12.0 Å². The van der Waals surface area contributed by atoms with Gasteiger partial charge in [-0.3, -0.25) is 9.59 Å². The van der Waals surface area contributed by atoms with E-state index in [4.69, 9.17) is 0 Å². The molecule has 0 heterocycles. The van der Waals surface area contributed by atoms with Crippen LogP contribution in [0.1, 0.15) is 55.8 Å². The van der Waals surface area contributed by atoms with Gasteiger partial charge in [-0.1, -0.05) is 19.3 Å². The first-order valence-electron chi connectivity index (χ1n) is 7.12. The minimum atomic E-state index is -0.846. The van der Waals surface area contributed by atoms with E-state index in [1.54, 1.807) is 24.3 Å². The number of amides is 1. The number of ketones is 1. The minimum absolute atomic E-state index is 0.000562. The molecule has 1 aliphatic carbocycles. The third-order valence-corrected chi connectivity index (χ3v) is 3.85. The Balaban J connectivity index is 1.92. The molecule has 1 aliphatic rings. The Morgan fingerprint density at radius 1 is 1.15 bits per heavy atom. The molecule has 20 heavy (non-hydrogen) atoms. The van der Waals surface area contributed by atoms with Crippen molar-refractivity contribution in [1.29, 1.82) is 0 Å². The van der Waals surface area contributed by atoms with Gasteiger partial charge in [0.15, 0.2) is 5.78 Å². The number of nitrogens with one attached hydrogen (secondary N) is 1. The third kappa shape index (κ3) is 3.90. The number of hydrogen-bond donors (Lipinski definition) is 2. The zero-order chi connectivity index (χ0) is 14.6. The Kier molecular flexibility index (Phi) is 4.55. The molecule has 0 radical (unpaired) electrons. The highest BCUT2D eigenvalue weighted by atomic mass is 16.3. The Bertz CT molecular complexity index is 487. The number of Topliss-reactive ketones (excluding diaryl/α,β-unsaturated/α-hetero) is 1. The summed E-state index contributed by atoms with van der Waals surface area (Å²) in [5.74, 6) is -0.177. The topological polar surface area (TPSA) is 66.4 Å². The fraction of sp³-hybridized carbons (Fsp3) is 0.500. The lowest BCUT2D eigenvalue weighted by atomic mass is 9.82. The van der Waals surface area contributed by atoms with Crippen LogP contribution in [0, 0.1) is 0 Å². The molecule has 1 saturated carbocycles. The van der Waals surface area contributed by atoms with Crippen molar-refractivity contribution in [3.05, 3.63) is 29.8 Å². The van der Waals surface area contributed by atoms with Crippen molar-refractivity contribution >= 4 is 17.4 Å². The van der Waals surface area contributed by atoms with Crippen LogP contribution in [0.25, 0.3) is 0 Å². The molecule has 108 valence electrons. The highest BCUT2D eigenvalue weighted by Crippen LogP contribution is 2.31. The Labute approximate surface area is 119 Å². The average molecular weight is 275 g/mol. The molecule has 4 heteroatoms. The summed E-state index contributed by atoms with van der Waals surface area (Å²) >= 11 is 0. The van der Waals surface area contributed by atoms with Gasteiger partial charge in [0.1, 0.15) is 0 Å². The average Bonchev–Trinajstić information content (AvgIpc) is 2.39. The van der Waals surface area contributed by atoms with E-state index in [1.165, 1.54) is 6.92 Å². The van der Waals surface area contributed by atoms with E-state index in [0.29, 0.717) is 24.1 Å². The molecule has 4 nitrogen and oxygen atoms in total. The quantitative estimate of drug-likeness (QED) is 0.830. The van der Waals surface area contributed by atoms with Crippen molar-refractivity contribution in [3.63, 3.8) is 0 Å². The summed E-state index contributed by atoms with van der Waals surface area (Å²) in [5, 5.41) is 13.1. The van der Waals surface area contributed by atoms with Crippen molar-refractivity contribution in [3.8, 4) is 0 Å².